The van der Waals surface area contributed by atoms with Crippen molar-refractivity contribution in [2.75, 3.05) is 24.9 Å². The van der Waals surface area contributed by atoms with Gasteiger partial charge < -0.3 is 19.9 Å². The van der Waals surface area contributed by atoms with E-state index in [-0.39, 0.29) is 22.8 Å². The average molecular weight is 544 g/mol. The van der Waals surface area contributed by atoms with Crippen LogP contribution < -0.4 is 14.8 Å². The Hall–Kier alpha value is -3.48. The summed E-state index contributed by atoms with van der Waals surface area (Å²) < 4.78 is 36.9. The number of benzene rings is 3. The highest BCUT2D eigenvalue weighted by atomic mass is 79.9. The topological polar surface area (TPSA) is 102 Å². The number of hydrogen-bond donors (Lipinski definition) is 2. The molecule has 0 aliphatic carbocycles. The number of aromatic carboxylic acids is 1. The number of carboxylic acid groups (broad SMARTS) is 1. The lowest BCUT2D eigenvalue weighted by atomic mass is 10.1. The zero-order valence-corrected chi connectivity index (χ0v) is 20.9. The van der Waals surface area contributed by atoms with Crippen molar-refractivity contribution in [2.24, 2.45) is 0 Å². The molecule has 0 aliphatic rings. The Kier molecular flexibility index (Phi) is 8.21. The van der Waals surface area contributed by atoms with Crippen LogP contribution in [0.25, 0.3) is 0 Å². The number of carbonyl (C=O) groups is 1. The van der Waals surface area contributed by atoms with Crippen molar-refractivity contribution in [3.05, 3.63) is 81.8 Å². The molecule has 0 aliphatic heterocycles. The lowest BCUT2D eigenvalue weighted by molar-refractivity contribution is 0.0697. The first kappa shape index (κ1) is 25.1. The summed E-state index contributed by atoms with van der Waals surface area (Å²) in [6.45, 7) is 1.82. The van der Waals surface area contributed by atoms with Gasteiger partial charge in [0.2, 0.25) is 0 Å². The molecule has 34 heavy (non-hydrogen) atoms. The van der Waals surface area contributed by atoms with E-state index < -0.39 is 21.7 Å². The number of anilines is 1. The molecule has 0 fully saturated rings. The van der Waals surface area contributed by atoms with Crippen molar-refractivity contribution >= 4 is 37.4 Å². The first-order valence-electron chi connectivity index (χ1n) is 10.1. The van der Waals surface area contributed by atoms with Crippen molar-refractivity contribution in [3.63, 3.8) is 0 Å². The normalized spacial score (nSPS) is 10.7. The molecule has 9 heteroatoms. The molecular weight excluding hydrogens is 522 g/mol. The van der Waals surface area contributed by atoms with Crippen LogP contribution in [-0.4, -0.2) is 39.1 Å². The molecule has 0 heterocycles. The first-order valence-corrected chi connectivity index (χ1v) is 12.5. The van der Waals surface area contributed by atoms with Crippen LogP contribution in [0.2, 0.25) is 0 Å². The van der Waals surface area contributed by atoms with Gasteiger partial charge in [-0.15, -0.1) is 0 Å². The van der Waals surface area contributed by atoms with E-state index in [1.807, 2.05) is 24.3 Å². The Morgan fingerprint density at radius 1 is 1.12 bits per heavy atom. The molecule has 0 spiro atoms. The highest BCUT2D eigenvalue weighted by molar-refractivity contribution is 9.10. The SMILES string of the molecule is COc1ccccc1C#CCOc1ccc(S(=O)(=O)CNc2c(C)cc(Br)cc2C(=O)O)cc1. The smallest absolute Gasteiger partial charge is 0.337 e. The zero-order valence-electron chi connectivity index (χ0n) is 18.5. The molecule has 0 aromatic heterocycles. The molecule has 2 N–H and O–H groups in total. The van der Waals surface area contributed by atoms with E-state index in [1.165, 1.54) is 18.2 Å². The summed E-state index contributed by atoms with van der Waals surface area (Å²) in [6, 6.07) is 16.5. The number of rotatable bonds is 8. The minimum Gasteiger partial charge on any atom is -0.495 e. The molecule has 176 valence electrons. The lowest BCUT2D eigenvalue weighted by Crippen LogP contribution is -2.17. The minimum absolute atomic E-state index is 0.0138. The zero-order chi connectivity index (χ0) is 24.7. The van der Waals surface area contributed by atoms with Crippen LogP contribution in [-0.2, 0) is 9.84 Å². The Balaban J connectivity index is 1.64. The predicted octanol–water partition coefficient (Wildman–Crippen LogP) is 4.74. The summed E-state index contributed by atoms with van der Waals surface area (Å²) >= 11 is 3.25. The van der Waals surface area contributed by atoms with E-state index in [2.05, 4.69) is 33.1 Å². The second kappa shape index (κ2) is 11.1. The molecule has 0 saturated heterocycles. The molecule has 0 bridgehead atoms. The number of halogens is 1. The fourth-order valence-corrected chi connectivity index (χ4v) is 4.76. The first-order chi connectivity index (χ1) is 16.2. The highest BCUT2D eigenvalue weighted by Gasteiger charge is 2.18. The number of ether oxygens (including phenoxy) is 2. The van der Waals surface area contributed by atoms with Gasteiger partial charge >= 0.3 is 5.97 Å². The van der Waals surface area contributed by atoms with Gasteiger partial charge in [0, 0.05) is 4.47 Å². The van der Waals surface area contributed by atoms with E-state index in [0.717, 1.165) is 5.56 Å². The summed E-state index contributed by atoms with van der Waals surface area (Å²) in [6.07, 6.45) is 0. The van der Waals surface area contributed by atoms with Crippen molar-refractivity contribution in [1.82, 2.24) is 0 Å². The number of carboxylic acids is 1. The maximum Gasteiger partial charge on any atom is 0.337 e. The van der Waals surface area contributed by atoms with Crippen LogP contribution in [0.5, 0.6) is 11.5 Å². The van der Waals surface area contributed by atoms with Crippen molar-refractivity contribution in [1.29, 1.82) is 0 Å². The maximum absolute atomic E-state index is 12.8. The van der Waals surface area contributed by atoms with Crippen LogP contribution in [0, 0.1) is 18.8 Å². The van der Waals surface area contributed by atoms with Gasteiger partial charge in [-0.2, -0.15) is 0 Å². The molecule has 7 nitrogen and oxygen atoms in total. The summed E-state index contributed by atoms with van der Waals surface area (Å²) in [5, 5.41) is 12.2. The van der Waals surface area contributed by atoms with Crippen molar-refractivity contribution in [2.45, 2.75) is 11.8 Å². The second-order valence-electron chi connectivity index (χ2n) is 7.15. The number of methoxy groups -OCH3 is 1. The molecule has 0 amide bonds. The Labute approximate surface area is 206 Å². The molecular formula is C25H22BrNO6S. The standard InChI is InChI=1S/C25H22BrNO6S/c1-17-14-19(26)15-22(25(28)29)24(17)27-16-34(30,31)21-11-9-20(10-12-21)33-13-5-7-18-6-3-4-8-23(18)32-2/h3-4,6,8-12,14-15,27H,13,16H2,1-2H3,(H,28,29). The van der Waals surface area contributed by atoms with Gasteiger partial charge in [0.05, 0.1) is 28.8 Å². The number of nitrogens with one attached hydrogen (secondary N) is 1. The van der Waals surface area contributed by atoms with Gasteiger partial charge in [0.1, 0.15) is 24.0 Å². The van der Waals surface area contributed by atoms with Gasteiger partial charge in [0.15, 0.2) is 9.84 Å². The fourth-order valence-electron chi connectivity index (χ4n) is 3.14. The van der Waals surface area contributed by atoms with Crippen LogP contribution in [0.4, 0.5) is 5.69 Å². The van der Waals surface area contributed by atoms with E-state index >= 15 is 0 Å². The summed E-state index contributed by atoms with van der Waals surface area (Å²) in [5.41, 5.74) is 1.60. The van der Waals surface area contributed by atoms with Gasteiger partial charge in [-0.25, -0.2) is 13.2 Å². The molecule has 3 aromatic rings. The van der Waals surface area contributed by atoms with Crippen LogP contribution in [0.15, 0.2) is 70.0 Å². The monoisotopic (exact) mass is 543 g/mol. The van der Waals surface area contributed by atoms with Crippen LogP contribution >= 0.6 is 15.9 Å². The summed E-state index contributed by atoms with van der Waals surface area (Å²) in [4.78, 5) is 11.6. The van der Waals surface area contributed by atoms with Gasteiger partial charge in [-0.05, 0) is 61.0 Å². The Morgan fingerprint density at radius 3 is 2.50 bits per heavy atom. The van der Waals surface area contributed by atoms with Crippen molar-refractivity contribution in [3.8, 4) is 23.3 Å². The quantitative estimate of drug-likeness (QED) is 0.395. The minimum atomic E-state index is -3.73. The third-order valence-corrected chi connectivity index (χ3v) is 6.77. The third-order valence-electron chi connectivity index (χ3n) is 4.79. The molecule has 3 rings (SSSR count). The number of para-hydroxylation sites is 1. The van der Waals surface area contributed by atoms with Crippen LogP contribution in [0.1, 0.15) is 21.5 Å². The van der Waals surface area contributed by atoms with Gasteiger partial charge in [-0.3, -0.25) is 0 Å². The van der Waals surface area contributed by atoms with Gasteiger partial charge in [-0.1, -0.05) is 39.9 Å². The molecule has 0 radical (unpaired) electrons. The van der Waals surface area contributed by atoms with E-state index in [9.17, 15) is 18.3 Å². The highest BCUT2D eigenvalue weighted by Crippen LogP contribution is 2.27. The number of sulfone groups is 1. The molecule has 0 saturated carbocycles. The van der Waals surface area contributed by atoms with E-state index in [0.29, 0.717) is 21.5 Å². The number of aryl methyl sites for hydroxylation is 1. The molecule has 3 aromatic carbocycles. The average Bonchev–Trinajstić information content (AvgIpc) is 2.81. The van der Waals surface area contributed by atoms with Gasteiger partial charge in [0.25, 0.3) is 0 Å². The van der Waals surface area contributed by atoms with Crippen molar-refractivity contribution < 1.29 is 27.8 Å². The maximum atomic E-state index is 12.8. The third kappa shape index (κ3) is 6.31. The Morgan fingerprint density at radius 2 is 1.82 bits per heavy atom. The number of hydrogen-bond acceptors (Lipinski definition) is 6. The summed E-state index contributed by atoms with van der Waals surface area (Å²) in [7, 11) is -2.15. The molecule has 0 unspecified atom stereocenters. The van der Waals surface area contributed by atoms with E-state index in [1.54, 1.807) is 32.2 Å². The van der Waals surface area contributed by atoms with Crippen LogP contribution in [0.3, 0.4) is 0 Å². The fraction of sp³-hybridized carbons (Fsp3) is 0.160. The second-order valence-corrected chi connectivity index (χ2v) is 10.1. The van der Waals surface area contributed by atoms with E-state index in [4.69, 9.17) is 9.47 Å². The predicted molar refractivity (Wildman–Crippen MR) is 133 cm³/mol. The Bertz CT molecular complexity index is 1360. The largest absolute Gasteiger partial charge is 0.495 e. The summed E-state index contributed by atoms with van der Waals surface area (Å²) in [5.74, 6) is 5.41. The molecule has 0 atom stereocenters. The lowest BCUT2D eigenvalue weighted by Gasteiger charge is -2.14.